The molecule has 0 atom stereocenters. The Morgan fingerprint density at radius 3 is 3.06 bits per heavy atom. The molecule has 2 heterocycles. The van der Waals surface area contributed by atoms with Crippen LogP contribution in [0.25, 0.3) is 0 Å². The van der Waals surface area contributed by atoms with Gasteiger partial charge in [-0.1, -0.05) is 0 Å². The predicted molar refractivity (Wildman–Crippen MR) is 66.4 cm³/mol. The van der Waals surface area contributed by atoms with Gasteiger partial charge in [0.15, 0.2) is 0 Å². The van der Waals surface area contributed by atoms with E-state index >= 15 is 0 Å². The Balaban J connectivity index is 1.96. The lowest BCUT2D eigenvalue weighted by Crippen LogP contribution is -2.21. The summed E-state index contributed by atoms with van der Waals surface area (Å²) >= 11 is 4.75. The summed E-state index contributed by atoms with van der Waals surface area (Å²) in [4.78, 5) is 12.4. The van der Waals surface area contributed by atoms with Crippen molar-refractivity contribution in [2.45, 2.75) is 6.54 Å². The standard InChI is InChI=1S/C10H10BrN3OS/c1-14-6-7(5-13-14)4-12-10(15)9-8(11)2-3-16-9/h2-3,5-6H,4H2,1H3,(H,12,15). The number of thiophene rings is 1. The Morgan fingerprint density at radius 1 is 1.69 bits per heavy atom. The molecule has 0 saturated carbocycles. The van der Waals surface area contributed by atoms with E-state index in [1.807, 2.05) is 24.7 Å². The van der Waals surface area contributed by atoms with Gasteiger partial charge >= 0.3 is 0 Å². The molecule has 0 saturated heterocycles. The lowest BCUT2D eigenvalue weighted by atomic mass is 10.3. The van der Waals surface area contributed by atoms with Gasteiger partial charge in [-0.2, -0.15) is 5.10 Å². The fourth-order valence-corrected chi connectivity index (χ4v) is 2.75. The molecule has 0 bridgehead atoms. The third kappa shape index (κ3) is 2.51. The first-order valence-corrected chi connectivity index (χ1v) is 6.33. The van der Waals surface area contributed by atoms with Crippen LogP contribution in [0.2, 0.25) is 0 Å². The molecule has 0 unspecified atom stereocenters. The zero-order valence-corrected chi connectivity index (χ0v) is 11.0. The van der Waals surface area contributed by atoms with Crippen molar-refractivity contribution < 1.29 is 4.79 Å². The summed E-state index contributed by atoms with van der Waals surface area (Å²) in [5.41, 5.74) is 0.989. The molecule has 1 amide bonds. The normalized spacial score (nSPS) is 10.4. The smallest absolute Gasteiger partial charge is 0.262 e. The number of hydrogen-bond donors (Lipinski definition) is 1. The van der Waals surface area contributed by atoms with Crippen LogP contribution in [-0.4, -0.2) is 15.7 Å². The maximum absolute atomic E-state index is 11.7. The molecule has 0 spiro atoms. The lowest BCUT2D eigenvalue weighted by molar-refractivity contribution is 0.0954. The van der Waals surface area contributed by atoms with Gasteiger partial charge in [0.2, 0.25) is 0 Å². The topological polar surface area (TPSA) is 46.9 Å². The Hall–Kier alpha value is -1.14. The summed E-state index contributed by atoms with van der Waals surface area (Å²) < 4.78 is 2.55. The highest BCUT2D eigenvalue weighted by Gasteiger charge is 2.10. The van der Waals surface area contributed by atoms with E-state index in [2.05, 4.69) is 26.3 Å². The minimum absolute atomic E-state index is 0.0641. The average Bonchev–Trinajstić information content (AvgIpc) is 2.84. The Morgan fingerprint density at radius 2 is 2.50 bits per heavy atom. The predicted octanol–water partition coefficient (Wildman–Crippen LogP) is 2.17. The first-order valence-electron chi connectivity index (χ1n) is 4.65. The van der Waals surface area contributed by atoms with Crippen molar-refractivity contribution in [1.82, 2.24) is 15.1 Å². The molecular weight excluding hydrogens is 290 g/mol. The van der Waals surface area contributed by atoms with E-state index in [4.69, 9.17) is 0 Å². The van der Waals surface area contributed by atoms with E-state index < -0.39 is 0 Å². The molecule has 0 aliphatic carbocycles. The molecule has 1 N–H and O–H groups in total. The molecule has 0 radical (unpaired) electrons. The maximum Gasteiger partial charge on any atom is 0.262 e. The molecule has 0 aliphatic rings. The SMILES string of the molecule is Cn1cc(CNC(=O)c2sccc2Br)cn1. The van der Waals surface area contributed by atoms with Crippen LogP contribution in [0.15, 0.2) is 28.3 Å². The van der Waals surface area contributed by atoms with E-state index in [1.54, 1.807) is 10.9 Å². The second-order valence-corrected chi connectivity index (χ2v) is 5.07. The van der Waals surface area contributed by atoms with Crippen LogP contribution < -0.4 is 5.32 Å². The number of aryl methyl sites for hydroxylation is 1. The van der Waals surface area contributed by atoms with Gasteiger partial charge in [-0.3, -0.25) is 9.48 Å². The molecule has 6 heteroatoms. The number of hydrogen-bond acceptors (Lipinski definition) is 3. The fourth-order valence-electron chi connectivity index (χ4n) is 1.28. The minimum atomic E-state index is -0.0641. The maximum atomic E-state index is 11.7. The van der Waals surface area contributed by atoms with Gasteiger partial charge in [-0.25, -0.2) is 0 Å². The second kappa shape index (κ2) is 4.80. The molecule has 0 aliphatic heterocycles. The van der Waals surface area contributed by atoms with Gasteiger partial charge in [0, 0.05) is 29.8 Å². The first-order chi connectivity index (χ1) is 7.66. The van der Waals surface area contributed by atoms with Crippen molar-refractivity contribution in [2.75, 3.05) is 0 Å². The summed E-state index contributed by atoms with van der Waals surface area (Å²) in [7, 11) is 1.85. The number of nitrogens with zero attached hydrogens (tertiary/aromatic N) is 2. The Labute approximate surface area is 105 Å². The number of halogens is 1. The van der Waals surface area contributed by atoms with Crippen LogP contribution in [0.3, 0.4) is 0 Å². The van der Waals surface area contributed by atoms with Crippen LogP contribution >= 0.6 is 27.3 Å². The monoisotopic (exact) mass is 299 g/mol. The number of amides is 1. The number of carbonyl (C=O) groups is 1. The van der Waals surface area contributed by atoms with Gasteiger partial charge in [-0.05, 0) is 27.4 Å². The molecule has 4 nitrogen and oxygen atoms in total. The number of carbonyl (C=O) groups excluding carboxylic acids is 1. The molecule has 16 heavy (non-hydrogen) atoms. The molecule has 84 valence electrons. The second-order valence-electron chi connectivity index (χ2n) is 3.30. The van der Waals surface area contributed by atoms with Crippen molar-refractivity contribution in [3.63, 3.8) is 0 Å². The highest BCUT2D eigenvalue weighted by atomic mass is 79.9. The van der Waals surface area contributed by atoms with E-state index in [0.717, 1.165) is 10.0 Å². The lowest BCUT2D eigenvalue weighted by Gasteiger charge is -2.01. The first kappa shape index (κ1) is 11.3. The van der Waals surface area contributed by atoms with E-state index in [1.165, 1.54) is 11.3 Å². The summed E-state index contributed by atoms with van der Waals surface area (Å²) in [5.74, 6) is -0.0641. The fraction of sp³-hybridized carbons (Fsp3) is 0.200. The van der Waals surface area contributed by atoms with Crippen molar-refractivity contribution in [2.24, 2.45) is 7.05 Å². The Bertz CT molecular complexity index is 506. The van der Waals surface area contributed by atoms with Crippen molar-refractivity contribution in [1.29, 1.82) is 0 Å². The summed E-state index contributed by atoms with van der Waals surface area (Å²) in [6, 6.07) is 1.86. The van der Waals surface area contributed by atoms with Gasteiger partial charge in [0.25, 0.3) is 5.91 Å². The van der Waals surface area contributed by atoms with Crippen LogP contribution in [0.5, 0.6) is 0 Å². The zero-order chi connectivity index (χ0) is 11.5. The van der Waals surface area contributed by atoms with Gasteiger partial charge < -0.3 is 5.32 Å². The molecule has 0 fully saturated rings. The van der Waals surface area contributed by atoms with Gasteiger partial charge in [0.1, 0.15) is 4.88 Å². The quantitative estimate of drug-likeness (QED) is 0.944. The van der Waals surface area contributed by atoms with Crippen molar-refractivity contribution in [3.05, 3.63) is 38.8 Å². The third-order valence-corrected chi connectivity index (χ3v) is 3.87. The van der Waals surface area contributed by atoms with Crippen LogP contribution in [-0.2, 0) is 13.6 Å². The number of nitrogens with one attached hydrogen (secondary N) is 1. The minimum Gasteiger partial charge on any atom is -0.347 e. The molecule has 0 aromatic carbocycles. The van der Waals surface area contributed by atoms with Gasteiger partial charge in [-0.15, -0.1) is 11.3 Å². The molecule has 2 aromatic rings. The van der Waals surface area contributed by atoms with Crippen LogP contribution in [0.4, 0.5) is 0 Å². The summed E-state index contributed by atoms with van der Waals surface area (Å²) in [6.45, 7) is 0.497. The van der Waals surface area contributed by atoms with Crippen molar-refractivity contribution in [3.8, 4) is 0 Å². The molecule has 2 aromatic heterocycles. The van der Waals surface area contributed by atoms with E-state index in [0.29, 0.717) is 11.4 Å². The van der Waals surface area contributed by atoms with Gasteiger partial charge in [0.05, 0.1) is 6.20 Å². The summed E-state index contributed by atoms with van der Waals surface area (Å²) in [6.07, 6.45) is 3.62. The third-order valence-electron chi connectivity index (χ3n) is 2.03. The molecule has 2 rings (SSSR count). The molecular formula is C10H10BrN3OS. The van der Waals surface area contributed by atoms with Crippen LogP contribution in [0.1, 0.15) is 15.2 Å². The van der Waals surface area contributed by atoms with Crippen molar-refractivity contribution >= 4 is 33.2 Å². The van der Waals surface area contributed by atoms with E-state index in [-0.39, 0.29) is 5.91 Å². The van der Waals surface area contributed by atoms with E-state index in [9.17, 15) is 4.79 Å². The highest BCUT2D eigenvalue weighted by molar-refractivity contribution is 9.10. The Kier molecular flexibility index (Phi) is 3.40. The largest absolute Gasteiger partial charge is 0.347 e. The highest BCUT2D eigenvalue weighted by Crippen LogP contribution is 2.22. The van der Waals surface area contributed by atoms with Crippen LogP contribution in [0, 0.1) is 0 Å². The zero-order valence-electron chi connectivity index (χ0n) is 8.61. The number of rotatable bonds is 3. The summed E-state index contributed by atoms with van der Waals surface area (Å²) in [5, 5.41) is 8.76. The average molecular weight is 300 g/mol. The number of aromatic nitrogens is 2.